The summed E-state index contributed by atoms with van der Waals surface area (Å²) >= 11 is 0. The highest BCUT2D eigenvalue weighted by Gasteiger charge is 2.29. The van der Waals surface area contributed by atoms with Crippen LogP contribution >= 0.6 is 0 Å². The molecule has 118 valence electrons. The van der Waals surface area contributed by atoms with E-state index in [-0.39, 0.29) is 17.6 Å². The third kappa shape index (κ3) is 5.32. The van der Waals surface area contributed by atoms with Gasteiger partial charge in [-0.2, -0.15) is 0 Å². The van der Waals surface area contributed by atoms with Crippen molar-refractivity contribution in [3.8, 4) is 5.75 Å². The first kappa shape index (κ1) is 16.3. The summed E-state index contributed by atoms with van der Waals surface area (Å²) in [6.07, 6.45) is 2.53. The quantitative estimate of drug-likeness (QED) is 0.838. The van der Waals surface area contributed by atoms with Crippen molar-refractivity contribution in [3.05, 3.63) is 29.8 Å². The zero-order valence-corrected chi connectivity index (χ0v) is 13.7. The number of hydrogen-bond donors (Lipinski definition) is 1. The summed E-state index contributed by atoms with van der Waals surface area (Å²) in [7, 11) is -2.88. The number of nitrogens with one attached hydrogen (secondary N) is 1. The molecule has 5 heteroatoms. The lowest BCUT2D eigenvalue weighted by Gasteiger charge is -2.15. The molecule has 0 amide bonds. The first-order valence-corrected chi connectivity index (χ1v) is 9.50. The molecule has 0 bridgehead atoms. The van der Waals surface area contributed by atoms with Gasteiger partial charge in [0.15, 0.2) is 9.84 Å². The summed E-state index contributed by atoms with van der Waals surface area (Å²) in [5.74, 6) is 1.15. The van der Waals surface area contributed by atoms with Crippen LogP contribution in [0.15, 0.2) is 24.3 Å². The van der Waals surface area contributed by atoms with Gasteiger partial charge in [0.05, 0.1) is 11.5 Å². The number of benzene rings is 1. The zero-order chi connectivity index (χ0) is 15.3. The molecular weight excluding hydrogens is 286 g/mol. The van der Waals surface area contributed by atoms with Gasteiger partial charge in [0.1, 0.15) is 11.9 Å². The molecule has 1 aromatic carbocycles. The van der Waals surface area contributed by atoms with Crippen molar-refractivity contribution < 1.29 is 13.2 Å². The van der Waals surface area contributed by atoms with E-state index >= 15 is 0 Å². The van der Waals surface area contributed by atoms with Crippen molar-refractivity contribution in [2.75, 3.05) is 18.1 Å². The smallest absolute Gasteiger partial charge is 0.154 e. The Labute approximate surface area is 127 Å². The average molecular weight is 311 g/mol. The molecule has 0 aliphatic carbocycles. The van der Waals surface area contributed by atoms with Gasteiger partial charge in [0.2, 0.25) is 0 Å². The van der Waals surface area contributed by atoms with E-state index in [1.165, 1.54) is 5.56 Å². The first-order chi connectivity index (χ1) is 9.98. The number of rotatable bonds is 7. The minimum Gasteiger partial charge on any atom is -0.489 e. The molecule has 1 saturated heterocycles. The Balaban J connectivity index is 1.84. The maximum absolute atomic E-state index is 11.4. The van der Waals surface area contributed by atoms with Crippen LogP contribution in [0.2, 0.25) is 0 Å². The van der Waals surface area contributed by atoms with Gasteiger partial charge in [-0.05, 0) is 50.4 Å². The molecule has 1 heterocycles. The van der Waals surface area contributed by atoms with Gasteiger partial charge in [0, 0.05) is 6.04 Å². The molecule has 0 aromatic heterocycles. The molecule has 1 aliphatic heterocycles. The van der Waals surface area contributed by atoms with Gasteiger partial charge in [0.25, 0.3) is 0 Å². The van der Waals surface area contributed by atoms with Crippen LogP contribution in [0.1, 0.15) is 32.3 Å². The molecular formula is C16H25NO3S. The molecule has 1 N–H and O–H groups in total. The minimum absolute atomic E-state index is 0.146. The molecule has 0 spiro atoms. The van der Waals surface area contributed by atoms with Crippen molar-refractivity contribution in [1.29, 1.82) is 0 Å². The molecule has 1 fully saturated rings. The Hall–Kier alpha value is -1.07. The fraction of sp³-hybridized carbons (Fsp3) is 0.625. The second-order valence-corrected chi connectivity index (χ2v) is 8.07. The molecule has 2 atom stereocenters. The first-order valence-electron chi connectivity index (χ1n) is 7.68. The molecule has 2 unspecified atom stereocenters. The van der Waals surface area contributed by atoms with Gasteiger partial charge in [-0.1, -0.05) is 19.1 Å². The van der Waals surface area contributed by atoms with E-state index in [4.69, 9.17) is 4.74 Å². The van der Waals surface area contributed by atoms with E-state index in [0.717, 1.165) is 25.1 Å². The predicted molar refractivity (Wildman–Crippen MR) is 85.6 cm³/mol. The second kappa shape index (κ2) is 7.27. The Bertz CT molecular complexity index is 539. The standard InChI is InChI=1S/C16H25NO3S/c1-3-9-17-13(2)11-14-4-6-15(7-5-14)20-16-8-10-21(18,19)12-16/h4-7,13,16-17H,3,8-12H2,1-2H3. The van der Waals surface area contributed by atoms with Crippen molar-refractivity contribution >= 4 is 9.84 Å². The fourth-order valence-electron chi connectivity index (χ4n) is 2.57. The fourth-order valence-corrected chi connectivity index (χ4v) is 4.16. The van der Waals surface area contributed by atoms with Crippen LogP contribution in [-0.2, 0) is 16.3 Å². The lowest BCUT2D eigenvalue weighted by molar-refractivity contribution is 0.229. The van der Waals surface area contributed by atoms with Crippen LogP contribution in [-0.4, -0.2) is 38.6 Å². The van der Waals surface area contributed by atoms with Gasteiger partial charge in [-0.15, -0.1) is 0 Å². The Morgan fingerprint density at radius 3 is 2.62 bits per heavy atom. The zero-order valence-electron chi connectivity index (χ0n) is 12.8. The normalized spacial score (nSPS) is 22.1. The predicted octanol–water partition coefficient (Wildman–Crippen LogP) is 2.18. The number of sulfone groups is 1. The summed E-state index contributed by atoms with van der Waals surface area (Å²) in [4.78, 5) is 0. The van der Waals surface area contributed by atoms with E-state index in [1.54, 1.807) is 0 Å². The summed E-state index contributed by atoms with van der Waals surface area (Å²) in [5, 5.41) is 3.47. The highest BCUT2D eigenvalue weighted by atomic mass is 32.2. The van der Waals surface area contributed by atoms with E-state index in [1.807, 2.05) is 12.1 Å². The summed E-state index contributed by atoms with van der Waals surface area (Å²) in [5.41, 5.74) is 1.26. The van der Waals surface area contributed by atoms with Gasteiger partial charge >= 0.3 is 0 Å². The molecule has 1 aromatic rings. The lowest BCUT2D eigenvalue weighted by Crippen LogP contribution is -2.28. The number of hydrogen-bond acceptors (Lipinski definition) is 4. The van der Waals surface area contributed by atoms with Crippen molar-refractivity contribution in [3.63, 3.8) is 0 Å². The Morgan fingerprint density at radius 2 is 2.05 bits per heavy atom. The van der Waals surface area contributed by atoms with Gasteiger partial charge in [-0.25, -0.2) is 8.42 Å². The molecule has 1 aliphatic rings. The highest BCUT2D eigenvalue weighted by molar-refractivity contribution is 7.91. The van der Waals surface area contributed by atoms with E-state index in [2.05, 4.69) is 31.3 Å². The van der Waals surface area contributed by atoms with E-state index in [9.17, 15) is 8.42 Å². The van der Waals surface area contributed by atoms with Crippen LogP contribution in [0.4, 0.5) is 0 Å². The average Bonchev–Trinajstić information content (AvgIpc) is 2.78. The highest BCUT2D eigenvalue weighted by Crippen LogP contribution is 2.20. The molecule has 0 radical (unpaired) electrons. The maximum atomic E-state index is 11.4. The SMILES string of the molecule is CCCNC(C)Cc1ccc(OC2CCS(=O)(=O)C2)cc1. The van der Waals surface area contributed by atoms with Crippen LogP contribution in [0.25, 0.3) is 0 Å². The minimum atomic E-state index is -2.88. The van der Waals surface area contributed by atoms with Crippen molar-refractivity contribution in [2.45, 2.75) is 45.3 Å². The van der Waals surface area contributed by atoms with Gasteiger partial charge < -0.3 is 10.1 Å². The number of ether oxygens (including phenoxy) is 1. The van der Waals surface area contributed by atoms with Crippen LogP contribution in [0.3, 0.4) is 0 Å². The summed E-state index contributed by atoms with van der Waals surface area (Å²) in [6.45, 7) is 5.39. The van der Waals surface area contributed by atoms with Crippen LogP contribution in [0.5, 0.6) is 5.75 Å². The third-order valence-electron chi connectivity index (χ3n) is 3.70. The monoisotopic (exact) mass is 311 g/mol. The second-order valence-electron chi connectivity index (χ2n) is 5.85. The summed E-state index contributed by atoms with van der Waals surface area (Å²) < 4.78 is 28.6. The largest absolute Gasteiger partial charge is 0.489 e. The van der Waals surface area contributed by atoms with Gasteiger partial charge in [-0.3, -0.25) is 0 Å². The van der Waals surface area contributed by atoms with E-state index in [0.29, 0.717) is 12.5 Å². The molecule has 2 rings (SSSR count). The third-order valence-corrected chi connectivity index (χ3v) is 5.44. The van der Waals surface area contributed by atoms with Crippen LogP contribution < -0.4 is 10.1 Å². The van der Waals surface area contributed by atoms with E-state index < -0.39 is 9.84 Å². The van der Waals surface area contributed by atoms with Crippen molar-refractivity contribution in [1.82, 2.24) is 5.32 Å². The van der Waals surface area contributed by atoms with Crippen LogP contribution in [0, 0.1) is 0 Å². The molecule has 4 nitrogen and oxygen atoms in total. The van der Waals surface area contributed by atoms with Crippen molar-refractivity contribution in [2.24, 2.45) is 0 Å². The lowest BCUT2D eigenvalue weighted by atomic mass is 10.1. The topological polar surface area (TPSA) is 55.4 Å². The maximum Gasteiger partial charge on any atom is 0.154 e. The Kier molecular flexibility index (Phi) is 5.65. The molecule has 0 saturated carbocycles. The Morgan fingerprint density at radius 1 is 1.33 bits per heavy atom. The molecule has 21 heavy (non-hydrogen) atoms. The summed E-state index contributed by atoms with van der Waals surface area (Å²) in [6, 6.07) is 8.45.